The van der Waals surface area contributed by atoms with Gasteiger partial charge in [-0.25, -0.2) is 4.39 Å². The first-order chi connectivity index (χ1) is 14.1. The summed E-state index contributed by atoms with van der Waals surface area (Å²) in [6.07, 6.45) is 2.33. The minimum absolute atomic E-state index is 0.0883. The highest BCUT2D eigenvalue weighted by molar-refractivity contribution is 7.17. The number of hydrogen-bond donors (Lipinski definition) is 1. The Morgan fingerprint density at radius 1 is 1.17 bits per heavy atom. The van der Waals surface area contributed by atoms with Gasteiger partial charge >= 0.3 is 0 Å². The van der Waals surface area contributed by atoms with Crippen molar-refractivity contribution in [2.45, 2.75) is 32.7 Å². The van der Waals surface area contributed by atoms with Crippen molar-refractivity contribution >= 4 is 38.1 Å². The highest BCUT2D eigenvalue weighted by Gasteiger charge is 2.22. The number of halogens is 1. The van der Waals surface area contributed by atoms with Gasteiger partial charge < -0.3 is 4.98 Å². The van der Waals surface area contributed by atoms with Gasteiger partial charge in [0.1, 0.15) is 5.82 Å². The Morgan fingerprint density at radius 2 is 2.00 bits per heavy atom. The molecule has 0 fully saturated rings. The van der Waals surface area contributed by atoms with E-state index in [9.17, 15) is 9.18 Å². The zero-order valence-corrected chi connectivity index (χ0v) is 17.2. The number of fused-ring (bicyclic) bond motifs is 5. The van der Waals surface area contributed by atoms with E-state index in [4.69, 9.17) is 0 Å². The lowest BCUT2D eigenvalue weighted by molar-refractivity contribution is 0.0973. The van der Waals surface area contributed by atoms with Crippen LogP contribution in [-0.2, 0) is 13.0 Å². The maximum Gasteiger partial charge on any atom is 0.162 e. The van der Waals surface area contributed by atoms with Crippen molar-refractivity contribution in [3.05, 3.63) is 70.0 Å². The molecule has 0 saturated heterocycles. The molecule has 0 radical (unpaired) electrons. The average molecular weight is 407 g/mol. The van der Waals surface area contributed by atoms with Crippen molar-refractivity contribution in [2.24, 2.45) is 0 Å². The minimum Gasteiger partial charge on any atom is -0.358 e. The van der Waals surface area contributed by atoms with Crippen LogP contribution in [0.1, 0.15) is 40.0 Å². The van der Waals surface area contributed by atoms with Gasteiger partial charge in [-0.3, -0.25) is 9.69 Å². The molecule has 0 spiro atoms. The highest BCUT2D eigenvalue weighted by atomic mass is 32.1. The van der Waals surface area contributed by atoms with Crippen LogP contribution in [0.3, 0.4) is 0 Å². The second-order valence-corrected chi connectivity index (χ2v) is 8.83. The lowest BCUT2D eigenvalue weighted by Gasteiger charge is -2.27. The molecular weight excluding hydrogens is 383 g/mol. The summed E-state index contributed by atoms with van der Waals surface area (Å²) in [5, 5.41) is 5.01. The van der Waals surface area contributed by atoms with E-state index < -0.39 is 0 Å². The van der Waals surface area contributed by atoms with E-state index in [2.05, 4.69) is 34.3 Å². The second-order valence-electron chi connectivity index (χ2n) is 7.92. The number of nitrogens with one attached hydrogen (secondary N) is 1. The van der Waals surface area contributed by atoms with E-state index in [-0.39, 0.29) is 11.6 Å². The summed E-state index contributed by atoms with van der Waals surface area (Å²) in [5.41, 5.74) is 5.95. The number of rotatable bonds is 5. The molecule has 148 valence electrons. The number of H-pyrrole nitrogens is 1. The van der Waals surface area contributed by atoms with Crippen LogP contribution in [-0.4, -0.2) is 28.8 Å². The molecule has 0 saturated carbocycles. The Kier molecular flexibility index (Phi) is 4.72. The summed E-state index contributed by atoms with van der Waals surface area (Å²) in [5.74, 6) is -0.218. The van der Waals surface area contributed by atoms with E-state index >= 15 is 0 Å². The van der Waals surface area contributed by atoms with E-state index in [1.165, 1.54) is 49.9 Å². The maximum atomic E-state index is 13.0. The number of thiophene rings is 1. The van der Waals surface area contributed by atoms with Crippen molar-refractivity contribution in [3.63, 3.8) is 0 Å². The van der Waals surface area contributed by atoms with Gasteiger partial charge in [-0.2, -0.15) is 0 Å². The van der Waals surface area contributed by atoms with Crippen molar-refractivity contribution in [3.8, 4) is 0 Å². The Morgan fingerprint density at radius 3 is 2.83 bits per heavy atom. The van der Waals surface area contributed by atoms with Gasteiger partial charge in [-0.15, -0.1) is 11.3 Å². The third-order valence-corrected chi connectivity index (χ3v) is 7.05. The molecule has 0 aliphatic carbocycles. The second kappa shape index (κ2) is 7.39. The highest BCUT2D eigenvalue weighted by Crippen LogP contribution is 2.37. The van der Waals surface area contributed by atoms with Crippen LogP contribution in [0.2, 0.25) is 0 Å². The fourth-order valence-electron chi connectivity index (χ4n) is 4.49. The average Bonchev–Trinajstić information content (AvgIpc) is 3.28. The number of nitrogens with zero attached hydrogens (tertiary/aromatic N) is 1. The van der Waals surface area contributed by atoms with E-state index in [1.54, 1.807) is 12.1 Å². The molecule has 0 unspecified atom stereocenters. The predicted molar refractivity (Wildman–Crippen MR) is 117 cm³/mol. The molecule has 3 nitrogen and oxygen atoms in total. The molecule has 1 aliphatic heterocycles. The summed E-state index contributed by atoms with van der Waals surface area (Å²) in [6, 6.07) is 10.3. The summed E-state index contributed by atoms with van der Waals surface area (Å²) >= 11 is 1.81. The number of benzene rings is 2. The quantitative estimate of drug-likeness (QED) is 0.422. The first kappa shape index (κ1) is 18.5. The smallest absolute Gasteiger partial charge is 0.162 e. The van der Waals surface area contributed by atoms with Gasteiger partial charge in [0.05, 0.1) is 0 Å². The van der Waals surface area contributed by atoms with Crippen LogP contribution in [0.15, 0.2) is 41.8 Å². The monoisotopic (exact) mass is 406 g/mol. The zero-order chi connectivity index (χ0) is 20.0. The number of aromatic amines is 1. The largest absolute Gasteiger partial charge is 0.358 e. The Bertz CT molecular complexity index is 1210. The molecule has 0 amide bonds. The molecule has 2 aromatic carbocycles. The molecule has 0 atom stereocenters. The van der Waals surface area contributed by atoms with Crippen LogP contribution < -0.4 is 0 Å². The summed E-state index contributed by atoms with van der Waals surface area (Å²) in [6.45, 7) is 5.03. The van der Waals surface area contributed by atoms with Gasteiger partial charge in [-0.05, 0) is 72.8 Å². The third kappa shape index (κ3) is 3.38. The molecule has 5 rings (SSSR count). The maximum absolute atomic E-state index is 13.0. The molecule has 3 heterocycles. The van der Waals surface area contributed by atoms with E-state index in [0.29, 0.717) is 12.0 Å². The fourth-order valence-corrected chi connectivity index (χ4v) is 5.43. The van der Waals surface area contributed by atoms with Crippen molar-refractivity contribution in [1.29, 1.82) is 0 Å². The lowest BCUT2D eigenvalue weighted by Crippen LogP contribution is -2.31. The van der Waals surface area contributed by atoms with Gasteiger partial charge in [0, 0.05) is 58.2 Å². The minimum atomic E-state index is -0.306. The number of ketones is 1. The fraction of sp³-hybridized carbons (Fsp3) is 0.292. The summed E-state index contributed by atoms with van der Waals surface area (Å²) in [7, 11) is 0. The van der Waals surface area contributed by atoms with Gasteiger partial charge in [0.2, 0.25) is 0 Å². The Labute approximate surface area is 173 Å². The standard InChI is InChI=1S/C24H23FN2OS/c1-15-14-29-22-9-8-20-24(23(15)22)18-13-27(12-10-19(18)26-20)11-2-3-21(28)16-4-6-17(25)7-5-16/h4-9,14,26H,2-3,10-13H2,1H3. The summed E-state index contributed by atoms with van der Waals surface area (Å²) < 4.78 is 14.4. The van der Waals surface area contributed by atoms with Crippen LogP contribution >= 0.6 is 11.3 Å². The van der Waals surface area contributed by atoms with Gasteiger partial charge in [0.25, 0.3) is 0 Å². The first-order valence-corrected chi connectivity index (χ1v) is 11.0. The number of carbonyl (C=O) groups is 1. The van der Waals surface area contributed by atoms with Crippen LogP contribution in [0.4, 0.5) is 4.39 Å². The molecule has 29 heavy (non-hydrogen) atoms. The molecule has 5 heteroatoms. The van der Waals surface area contributed by atoms with Gasteiger partial charge in [-0.1, -0.05) is 0 Å². The van der Waals surface area contributed by atoms with Crippen LogP contribution in [0.25, 0.3) is 21.0 Å². The number of carbonyl (C=O) groups excluding carboxylic acids is 1. The molecule has 1 aliphatic rings. The zero-order valence-electron chi connectivity index (χ0n) is 16.4. The Balaban J connectivity index is 1.30. The molecule has 2 aromatic heterocycles. The third-order valence-electron chi connectivity index (χ3n) is 5.98. The van der Waals surface area contributed by atoms with Crippen molar-refractivity contribution in [1.82, 2.24) is 9.88 Å². The topological polar surface area (TPSA) is 36.1 Å². The number of aromatic nitrogens is 1. The normalized spacial score (nSPS) is 14.6. The lowest BCUT2D eigenvalue weighted by atomic mass is 10.00. The van der Waals surface area contributed by atoms with Crippen LogP contribution in [0, 0.1) is 12.7 Å². The molecule has 1 N–H and O–H groups in total. The summed E-state index contributed by atoms with van der Waals surface area (Å²) in [4.78, 5) is 18.4. The number of aryl methyl sites for hydroxylation is 1. The number of hydrogen-bond acceptors (Lipinski definition) is 3. The molecule has 4 aromatic rings. The predicted octanol–water partition coefficient (Wildman–Crippen LogP) is 5.85. The first-order valence-electron chi connectivity index (χ1n) is 10.1. The van der Waals surface area contributed by atoms with Gasteiger partial charge in [0.15, 0.2) is 5.78 Å². The SMILES string of the molecule is Cc1csc2ccc3[nH]c4c(c3c12)CN(CCCC(=O)c1ccc(F)cc1)CC4. The van der Waals surface area contributed by atoms with Crippen molar-refractivity contribution in [2.75, 3.05) is 13.1 Å². The van der Waals surface area contributed by atoms with Crippen molar-refractivity contribution < 1.29 is 9.18 Å². The van der Waals surface area contributed by atoms with E-state index in [0.717, 1.165) is 32.5 Å². The Hall–Kier alpha value is -2.50. The number of Topliss-reactive ketones (excluding diaryl/α,β-unsaturated/α-hetero) is 1. The van der Waals surface area contributed by atoms with E-state index in [1.807, 2.05) is 11.3 Å². The van der Waals surface area contributed by atoms with Crippen LogP contribution in [0.5, 0.6) is 0 Å². The molecular formula is C24H23FN2OS. The molecule has 0 bridgehead atoms.